The maximum atomic E-state index is 12.8. The van der Waals surface area contributed by atoms with Crippen LogP contribution < -0.4 is 0 Å². The summed E-state index contributed by atoms with van der Waals surface area (Å²) in [5.41, 5.74) is 0.884. The number of amides is 1. The number of sulfone groups is 1. The monoisotopic (exact) mass is 406 g/mol. The Morgan fingerprint density at radius 2 is 2.04 bits per heavy atom. The summed E-state index contributed by atoms with van der Waals surface area (Å²) in [5.74, 6) is 0.326. The fourth-order valence-corrected chi connectivity index (χ4v) is 4.91. The van der Waals surface area contributed by atoms with Crippen LogP contribution in [0.1, 0.15) is 49.5 Å². The van der Waals surface area contributed by atoms with Gasteiger partial charge in [-0.3, -0.25) is 4.79 Å². The molecule has 1 aliphatic rings. The lowest BCUT2D eigenvalue weighted by Crippen LogP contribution is -2.44. The van der Waals surface area contributed by atoms with Gasteiger partial charge in [0, 0.05) is 30.8 Å². The van der Waals surface area contributed by atoms with Gasteiger partial charge in [-0.05, 0) is 56.4 Å². The molecule has 1 fully saturated rings. The van der Waals surface area contributed by atoms with Crippen LogP contribution in [0.2, 0.25) is 0 Å². The Labute approximate surface area is 165 Å². The van der Waals surface area contributed by atoms with Crippen LogP contribution in [0, 0.1) is 0 Å². The topological polar surface area (TPSA) is 101 Å². The van der Waals surface area contributed by atoms with Gasteiger partial charge < -0.3 is 14.5 Å². The van der Waals surface area contributed by atoms with E-state index in [2.05, 4.69) is 5.16 Å². The molecule has 1 unspecified atom stereocenters. The molecule has 0 radical (unpaired) electrons. The fourth-order valence-electron chi connectivity index (χ4n) is 3.59. The molecular weight excluding hydrogens is 380 g/mol. The zero-order valence-corrected chi connectivity index (χ0v) is 16.8. The van der Waals surface area contributed by atoms with E-state index in [1.54, 1.807) is 35.2 Å². The number of aliphatic hydroxyl groups is 1. The Kier molecular flexibility index (Phi) is 6.51. The van der Waals surface area contributed by atoms with Gasteiger partial charge in [0.25, 0.3) is 5.91 Å². The van der Waals surface area contributed by atoms with E-state index in [1.807, 2.05) is 6.92 Å². The van der Waals surface area contributed by atoms with Crippen molar-refractivity contribution in [2.24, 2.45) is 0 Å². The number of aromatic nitrogens is 1. The summed E-state index contributed by atoms with van der Waals surface area (Å²) in [7, 11) is -3.27. The van der Waals surface area contributed by atoms with Gasteiger partial charge >= 0.3 is 0 Å². The number of rotatable bonds is 7. The zero-order valence-electron chi connectivity index (χ0n) is 16.0. The average molecular weight is 407 g/mol. The number of hydrogen-bond acceptors (Lipinski definition) is 6. The first-order valence-corrected chi connectivity index (χ1v) is 11.3. The molecule has 0 spiro atoms. The zero-order chi connectivity index (χ0) is 20.1. The maximum Gasteiger partial charge on any atom is 0.276 e. The highest BCUT2D eigenvalue weighted by Crippen LogP contribution is 2.26. The van der Waals surface area contributed by atoms with Gasteiger partial charge in [-0.15, -0.1) is 0 Å². The summed E-state index contributed by atoms with van der Waals surface area (Å²) in [5, 5.41) is 13.2. The van der Waals surface area contributed by atoms with E-state index < -0.39 is 9.84 Å². The van der Waals surface area contributed by atoms with Crippen molar-refractivity contribution in [3.05, 3.63) is 36.0 Å². The molecule has 8 heteroatoms. The molecule has 3 rings (SSSR count). The summed E-state index contributed by atoms with van der Waals surface area (Å²) < 4.78 is 29.6. The van der Waals surface area contributed by atoms with Gasteiger partial charge in [0.05, 0.1) is 10.6 Å². The van der Waals surface area contributed by atoms with E-state index in [-0.39, 0.29) is 34.9 Å². The van der Waals surface area contributed by atoms with Crippen LogP contribution >= 0.6 is 0 Å². The van der Waals surface area contributed by atoms with E-state index in [9.17, 15) is 18.3 Å². The Hall–Kier alpha value is -2.19. The van der Waals surface area contributed by atoms with Crippen molar-refractivity contribution in [3.63, 3.8) is 0 Å². The lowest BCUT2D eigenvalue weighted by molar-refractivity contribution is 0.0564. The van der Waals surface area contributed by atoms with Crippen LogP contribution in [0.5, 0.6) is 0 Å². The van der Waals surface area contributed by atoms with Gasteiger partial charge in [-0.1, -0.05) is 12.1 Å². The molecule has 0 aliphatic carbocycles. The number of carbonyl (C=O) groups excluding carboxylic acids is 1. The highest BCUT2D eigenvalue weighted by molar-refractivity contribution is 7.91. The molecule has 0 saturated carbocycles. The largest absolute Gasteiger partial charge is 0.396 e. The molecule has 1 aromatic heterocycles. The highest BCUT2D eigenvalue weighted by atomic mass is 32.2. The van der Waals surface area contributed by atoms with Crippen molar-refractivity contribution in [2.45, 2.75) is 50.0 Å². The minimum atomic E-state index is -3.27. The number of nitrogens with zero attached hydrogens (tertiary/aromatic N) is 2. The second kappa shape index (κ2) is 8.87. The number of aliphatic hydroxyl groups excluding tert-OH is 1. The molecule has 2 heterocycles. The molecular formula is C20H26N2O5S. The van der Waals surface area contributed by atoms with Crippen LogP contribution in [-0.2, 0) is 9.84 Å². The number of benzene rings is 1. The van der Waals surface area contributed by atoms with Gasteiger partial charge in [0.2, 0.25) is 0 Å². The third kappa shape index (κ3) is 4.44. The highest BCUT2D eigenvalue weighted by Gasteiger charge is 2.29. The predicted molar refractivity (Wildman–Crippen MR) is 105 cm³/mol. The Morgan fingerprint density at radius 3 is 2.71 bits per heavy atom. The van der Waals surface area contributed by atoms with Gasteiger partial charge in [-0.2, -0.15) is 0 Å². The molecule has 1 aliphatic heterocycles. The average Bonchev–Trinajstić information content (AvgIpc) is 3.18. The first-order valence-electron chi connectivity index (χ1n) is 9.68. The van der Waals surface area contributed by atoms with Crippen molar-refractivity contribution in [3.8, 4) is 11.3 Å². The molecule has 152 valence electrons. The predicted octanol–water partition coefficient (Wildman–Crippen LogP) is 2.90. The Bertz CT molecular complexity index is 903. The van der Waals surface area contributed by atoms with Crippen molar-refractivity contribution < 1.29 is 22.8 Å². The van der Waals surface area contributed by atoms with Crippen LogP contribution in [0.15, 0.2) is 39.8 Å². The van der Waals surface area contributed by atoms with Crippen molar-refractivity contribution in [1.82, 2.24) is 10.1 Å². The van der Waals surface area contributed by atoms with Crippen molar-refractivity contribution >= 4 is 15.7 Å². The number of likely N-dealkylation sites (tertiary alicyclic amines) is 1. The summed E-state index contributed by atoms with van der Waals surface area (Å²) in [6.07, 6.45) is 3.98. The molecule has 28 heavy (non-hydrogen) atoms. The lowest BCUT2D eigenvalue weighted by Gasteiger charge is -2.34. The van der Waals surface area contributed by atoms with Gasteiger partial charge in [-0.25, -0.2) is 8.42 Å². The van der Waals surface area contributed by atoms with E-state index in [4.69, 9.17) is 4.52 Å². The summed E-state index contributed by atoms with van der Waals surface area (Å²) in [4.78, 5) is 14.9. The molecule has 1 saturated heterocycles. The van der Waals surface area contributed by atoms with Crippen LogP contribution in [-0.4, -0.2) is 54.4 Å². The van der Waals surface area contributed by atoms with Crippen LogP contribution in [0.3, 0.4) is 0 Å². The van der Waals surface area contributed by atoms with Gasteiger partial charge in [0.1, 0.15) is 0 Å². The smallest absolute Gasteiger partial charge is 0.276 e. The molecule has 1 amide bonds. The van der Waals surface area contributed by atoms with E-state index in [0.717, 1.165) is 19.3 Å². The fraction of sp³-hybridized carbons (Fsp3) is 0.500. The van der Waals surface area contributed by atoms with Crippen molar-refractivity contribution in [1.29, 1.82) is 0 Å². The van der Waals surface area contributed by atoms with E-state index >= 15 is 0 Å². The third-order valence-corrected chi connectivity index (χ3v) is 6.99. The Balaban J connectivity index is 1.77. The van der Waals surface area contributed by atoms with Crippen LogP contribution in [0.25, 0.3) is 11.3 Å². The minimum Gasteiger partial charge on any atom is -0.396 e. The maximum absolute atomic E-state index is 12.8. The second-order valence-corrected chi connectivity index (χ2v) is 9.19. The first-order chi connectivity index (χ1) is 13.5. The minimum absolute atomic E-state index is 0.0226. The third-order valence-electron chi connectivity index (χ3n) is 5.05. The molecule has 1 atom stereocenters. The lowest BCUT2D eigenvalue weighted by atomic mass is 9.99. The molecule has 2 aromatic rings. The normalized spacial score (nSPS) is 17.6. The standard InChI is InChI=1S/C20H26N2O5S/c1-2-13-28(25,26)17-8-6-15(7-9-17)19-14-18(21-27-19)20(24)22-11-4-3-5-16(22)10-12-23/h6-9,14,16,23H,2-5,10-13H2,1H3. The molecule has 0 bridgehead atoms. The number of piperidine rings is 1. The van der Waals surface area contributed by atoms with Crippen molar-refractivity contribution in [2.75, 3.05) is 18.9 Å². The first kappa shape index (κ1) is 20.5. The molecule has 7 nitrogen and oxygen atoms in total. The van der Waals surface area contributed by atoms with Crippen LogP contribution in [0.4, 0.5) is 0 Å². The number of carbonyl (C=O) groups is 1. The van der Waals surface area contributed by atoms with E-state index in [1.165, 1.54) is 0 Å². The quantitative estimate of drug-likeness (QED) is 0.759. The Morgan fingerprint density at radius 1 is 1.29 bits per heavy atom. The molecule has 1 N–H and O–H groups in total. The molecule has 1 aromatic carbocycles. The van der Waals surface area contributed by atoms with E-state index in [0.29, 0.717) is 30.7 Å². The second-order valence-electron chi connectivity index (χ2n) is 7.08. The SMILES string of the molecule is CCCS(=O)(=O)c1ccc(-c2cc(C(=O)N3CCCCC3CCO)no2)cc1. The summed E-state index contributed by atoms with van der Waals surface area (Å²) in [6.45, 7) is 2.52. The van der Waals surface area contributed by atoms with Gasteiger partial charge in [0.15, 0.2) is 21.3 Å². The summed E-state index contributed by atoms with van der Waals surface area (Å²) in [6, 6.07) is 8.02. The summed E-state index contributed by atoms with van der Waals surface area (Å²) >= 11 is 0. The number of hydrogen-bond donors (Lipinski definition) is 1.